The van der Waals surface area contributed by atoms with E-state index in [0.29, 0.717) is 5.69 Å². The summed E-state index contributed by atoms with van der Waals surface area (Å²) in [7, 11) is 0. The Morgan fingerprint density at radius 2 is 1.89 bits per heavy atom. The molecule has 2 N–H and O–H groups in total. The summed E-state index contributed by atoms with van der Waals surface area (Å²) in [6.07, 6.45) is 6.76. The number of aryl methyl sites for hydroxylation is 1. The molecule has 4 heteroatoms. The fraction of sp³-hybridized carbons (Fsp3) is 0.200. The number of carbonyl (C=O) groups is 2. The van der Waals surface area contributed by atoms with Crippen molar-refractivity contribution in [2.24, 2.45) is 0 Å². The van der Waals surface area contributed by atoms with Gasteiger partial charge in [0.05, 0.1) is 0 Å². The van der Waals surface area contributed by atoms with Crippen LogP contribution in [0.3, 0.4) is 0 Å². The van der Waals surface area contributed by atoms with E-state index in [2.05, 4.69) is 10.6 Å². The van der Waals surface area contributed by atoms with Crippen LogP contribution in [0.15, 0.2) is 42.5 Å². The van der Waals surface area contributed by atoms with Crippen LogP contribution in [-0.4, -0.2) is 11.8 Å². The van der Waals surface area contributed by atoms with Crippen molar-refractivity contribution in [3.63, 3.8) is 0 Å². The Morgan fingerprint density at radius 1 is 1.16 bits per heavy atom. The van der Waals surface area contributed by atoms with Crippen molar-refractivity contribution in [1.29, 1.82) is 0 Å². The van der Waals surface area contributed by atoms with Gasteiger partial charge < -0.3 is 10.6 Å². The van der Waals surface area contributed by atoms with E-state index < -0.39 is 0 Å². The van der Waals surface area contributed by atoms with Crippen LogP contribution in [0, 0.1) is 6.92 Å². The molecule has 0 fully saturated rings. The van der Waals surface area contributed by atoms with Crippen molar-refractivity contribution < 1.29 is 9.59 Å². The smallest absolute Gasteiger partial charge is 0.248 e. The molecule has 0 aromatic heterocycles. The summed E-state index contributed by atoms with van der Waals surface area (Å²) < 4.78 is 0. The van der Waals surface area contributed by atoms with Crippen molar-refractivity contribution in [2.45, 2.75) is 20.8 Å². The van der Waals surface area contributed by atoms with E-state index in [9.17, 15) is 9.59 Å². The first-order valence-electron chi connectivity index (χ1n) is 6.01. The van der Waals surface area contributed by atoms with Crippen molar-refractivity contribution in [1.82, 2.24) is 0 Å². The minimum Gasteiger partial charge on any atom is -0.326 e. The Balaban J connectivity index is 2.73. The lowest BCUT2D eigenvalue weighted by atomic mass is 10.1. The van der Waals surface area contributed by atoms with Gasteiger partial charge in [0.15, 0.2) is 0 Å². The summed E-state index contributed by atoms with van der Waals surface area (Å²) in [5, 5.41) is 5.47. The monoisotopic (exact) mass is 258 g/mol. The maximum atomic E-state index is 11.6. The molecule has 0 saturated carbocycles. The standard InChI is InChI=1S/C15H18N2O2/c1-4-5-6-7-15(19)17-13-8-9-14(11(2)10-13)16-12(3)18/h4-10H,1-3H3,(H,16,18)(H,17,19)/b5-4+,7-6+. The minimum atomic E-state index is -0.190. The summed E-state index contributed by atoms with van der Waals surface area (Å²) in [6.45, 7) is 5.21. The number of hydrogen-bond acceptors (Lipinski definition) is 2. The highest BCUT2D eigenvalue weighted by Gasteiger charge is 2.03. The molecular weight excluding hydrogens is 240 g/mol. The summed E-state index contributed by atoms with van der Waals surface area (Å²) >= 11 is 0. The summed E-state index contributed by atoms with van der Waals surface area (Å²) in [4.78, 5) is 22.5. The predicted octanol–water partition coefficient (Wildman–Crippen LogP) is 3.02. The van der Waals surface area contributed by atoms with Gasteiger partial charge in [-0.25, -0.2) is 0 Å². The molecule has 0 aliphatic heterocycles. The van der Waals surface area contributed by atoms with E-state index in [-0.39, 0.29) is 11.8 Å². The van der Waals surface area contributed by atoms with E-state index in [1.165, 1.54) is 13.0 Å². The molecule has 1 rings (SSSR count). The van der Waals surface area contributed by atoms with Crippen LogP contribution in [0.4, 0.5) is 11.4 Å². The molecule has 0 aliphatic rings. The van der Waals surface area contributed by atoms with Gasteiger partial charge in [-0.15, -0.1) is 0 Å². The fourth-order valence-electron chi connectivity index (χ4n) is 1.51. The average Bonchev–Trinajstić information content (AvgIpc) is 2.32. The van der Waals surface area contributed by atoms with Gasteiger partial charge in [-0.05, 0) is 37.6 Å². The number of nitrogens with one attached hydrogen (secondary N) is 2. The van der Waals surface area contributed by atoms with E-state index in [4.69, 9.17) is 0 Å². The summed E-state index contributed by atoms with van der Waals surface area (Å²) in [5.41, 5.74) is 2.34. The third kappa shape index (κ3) is 5.21. The van der Waals surface area contributed by atoms with Crippen LogP contribution in [0.2, 0.25) is 0 Å². The topological polar surface area (TPSA) is 58.2 Å². The van der Waals surface area contributed by atoms with Gasteiger partial charge in [-0.1, -0.05) is 18.2 Å². The normalized spacial score (nSPS) is 10.9. The maximum Gasteiger partial charge on any atom is 0.248 e. The molecule has 0 radical (unpaired) electrons. The molecule has 0 aliphatic carbocycles. The van der Waals surface area contributed by atoms with Crippen LogP contribution in [0.1, 0.15) is 19.4 Å². The highest BCUT2D eigenvalue weighted by atomic mass is 16.2. The van der Waals surface area contributed by atoms with E-state index in [0.717, 1.165) is 11.3 Å². The number of amides is 2. The van der Waals surface area contributed by atoms with Crippen molar-refractivity contribution in [3.05, 3.63) is 48.1 Å². The molecule has 1 aromatic carbocycles. The maximum absolute atomic E-state index is 11.6. The molecule has 0 spiro atoms. The molecule has 0 atom stereocenters. The lowest BCUT2D eigenvalue weighted by Crippen LogP contribution is -2.10. The first-order valence-corrected chi connectivity index (χ1v) is 6.01. The molecule has 0 heterocycles. The minimum absolute atomic E-state index is 0.117. The highest BCUT2D eigenvalue weighted by Crippen LogP contribution is 2.19. The van der Waals surface area contributed by atoms with Crippen molar-refractivity contribution in [3.8, 4) is 0 Å². The number of anilines is 2. The van der Waals surface area contributed by atoms with Gasteiger partial charge in [0.1, 0.15) is 0 Å². The summed E-state index contributed by atoms with van der Waals surface area (Å²) in [6, 6.07) is 5.33. The second-order valence-corrected chi connectivity index (χ2v) is 4.09. The van der Waals surface area contributed by atoms with Crippen LogP contribution >= 0.6 is 0 Å². The Hall–Kier alpha value is -2.36. The molecule has 4 nitrogen and oxygen atoms in total. The first kappa shape index (κ1) is 14.7. The lowest BCUT2D eigenvalue weighted by molar-refractivity contribution is -0.114. The number of rotatable bonds is 4. The van der Waals surface area contributed by atoms with Crippen LogP contribution in [-0.2, 0) is 9.59 Å². The zero-order valence-corrected chi connectivity index (χ0v) is 11.4. The van der Waals surface area contributed by atoms with Gasteiger partial charge >= 0.3 is 0 Å². The average molecular weight is 258 g/mol. The Kier molecular flexibility index (Phi) is 5.54. The molecule has 0 unspecified atom stereocenters. The largest absolute Gasteiger partial charge is 0.326 e. The Labute approximate surface area is 113 Å². The lowest BCUT2D eigenvalue weighted by Gasteiger charge is -2.09. The van der Waals surface area contributed by atoms with E-state index in [1.54, 1.807) is 24.3 Å². The highest BCUT2D eigenvalue weighted by molar-refractivity contribution is 5.99. The van der Waals surface area contributed by atoms with Gasteiger partial charge in [0, 0.05) is 24.4 Å². The number of benzene rings is 1. The molecule has 0 bridgehead atoms. The summed E-state index contributed by atoms with van der Waals surface area (Å²) in [5.74, 6) is -0.307. The van der Waals surface area contributed by atoms with Crippen LogP contribution < -0.4 is 10.6 Å². The van der Waals surface area contributed by atoms with Gasteiger partial charge in [0.2, 0.25) is 11.8 Å². The zero-order valence-electron chi connectivity index (χ0n) is 11.4. The van der Waals surface area contributed by atoms with E-state index in [1.807, 2.05) is 26.0 Å². The molecule has 2 amide bonds. The molecular formula is C15H18N2O2. The van der Waals surface area contributed by atoms with Crippen LogP contribution in [0.5, 0.6) is 0 Å². The number of hydrogen-bond donors (Lipinski definition) is 2. The number of allylic oxidation sites excluding steroid dienone is 3. The zero-order chi connectivity index (χ0) is 14.3. The van der Waals surface area contributed by atoms with E-state index >= 15 is 0 Å². The third-order valence-electron chi connectivity index (χ3n) is 2.36. The molecule has 1 aromatic rings. The number of carbonyl (C=O) groups excluding carboxylic acids is 2. The van der Waals surface area contributed by atoms with Crippen LogP contribution in [0.25, 0.3) is 0 Å². The fourth-order valence-corrected chi connectivity index (χ4v) is 1.51. The second kappa shape index (κ2) is 7.16. The Bertz CT molecular complexity index is 531. The molecule has 100 valence electrons. The third-order valence-corrected chi connectivity index (χ3v) is 2.36. The van der Waals surface area contributed by atoms with Gasteiger partial charge in [-0.3, -0.25) is 9.59 Å². The Morgan fingerprint density at radius 3 is 2.47 bits per heavy atom. The second-order valence-electron chi connectivity index (χ2n) is 4.09. The van der Waals surface area contributed by atoms with Gasteiger partial charge in [0.25, 0.3) is 0 Å². The van der Waals surface area contributed by atoms with Gasteiger partial charge in [-0.2, -0.15) is 0 Å². The van der Waals surface area contributed by atoms with Crippen molar-refractivity contribution in [2.75, 3.05) is 10.6 Å². The SMILES string of the molecule is C/C=C/C=C/C(=O)Nc1ccc(NC(C)=O)c(C)c1. The molecule has 0 saturated heterocycles. The predicted molar refractivity (Wildman–Crippen MR) is 78.1 cm³/mol. The quantitative estimate of drug-likeness (QED) is 0.644. The first-order chi connectivity index (χ1) is 9.02. The van der Waals surface area contributed by atoms with Crippen molar-refractivity contribution >= 4 is 23.2 Å². The molecule has 19 heavy (non-hydrogen) atoms.